The molecule has 52 heavy (non-hydrogen) atoms. The molecule has 0 saturated carbocycles. The molecule has 0 aliphatic rings. The quantitative estimate of drug-likeness (QED) is 0.118. The van der Waals surface area contributed by atoms with E-state index >= 15 is 0 Å². The molecule has 0 spiro atoms. The van der Waals surface area contributed by atoms with Crippen molar-refractivity contribution in [2.75, 3.05) is 0 Å². The first kappa shape index (κ1) is 30.7. The fourth-order valence-corrected chi connectivity index (χ4v) is 8.67. The van der Waals surface area contributed by atoms with Crippen molar-refractivity contribution in [2.45, 2.75) is 73.9 Å². The van der Waals surface area contributed by atoms with E-state index < -0.39 is 33.1 Å². The monoisotopic (exact) mass is 902 g/mol. The summed E-state index contributed by atoms with van der Waals surface area (Å²) in [6, 6.07) is 37.7. The van der Waals surface area contributed by atoms with Gasteiger partial charge in [0.25, 0.3) is 0 Å². The van der Waals surface area contributed by atoms with E-state index in [0.29, 0.717) is 22.4 Å². The van der Waals surface area contributed by atoms with Gasteiger partial charge in [0.15, 0.2) is 0 Å². The van der Waals surface area contributed by atoms with E-state index in [9.17, 15) is 0 Å². The Hall–Kier alpha value is -3.73. The van der Waals surface area contributed by atoms with Crippen molar-refractivity contribution in [1.29, 1.82) is 0 Å². The van der Waals surface area contributed by atoms with Crippen LogP contribution in [0.15, 0.2) is 109 Å². The normalized spacial score (nSPS) is 14.5. The van der Waals surface area contributed by atoms with Crippen LogP contribution < -0.4 is 5.19 Å². The number of aryl methyl sites for hydroxylation is 1. The molecule has 1 radical (unpaired) electrons. The van der Waals surface area contributed by atoms with E-state index in [1.165, 1.54) is 32.7 Å². The molecule has 0 aliphatic carbocycles. The Balaban J connectivity index is 0.000000223. The van der Waals surface area contributed by atoms with Crippen LogP contribution in [0.4, 0.5) is 0 Å². The van der Waals surface area contributed by atoms with Crippen LogP contribution >= 0.6 is 11.3 Å². The molecule has 7 aromatic rings. The average Bonchev–Trinajstić information content (AvgIpc) is 3.55. The zero-order valence-electron chi connectivity index (χ0n) is 38.1. The maximum Gasteiger partial charge on any atom is 0.0798 e. The van der Waals surface area contributed by atoms with E-state index in [-0.39, 0.29) is 31.6 Å². The number of rotatable bonds is 7. The predicted molar refractivity (Wildman–Crippen MR) is 225 cm³/mol. The molecule has 0 bridgehead atoms. The fraction of sp³-hybridized carbons (Fsp3) is 0.277. The minimum atomic E-state index is -2.17. The molecule has 269 valence electrons. The van der Waals surface area contributed by atoms with Crippen molar-refractivity contribution in [2.24, 2.45) is 11.3 Å². The van der Waals surface area contributed by atoms with Crippen LogP contribution in [0.1, 0.15) is 60.9 Å². The van der Waals surface area contributed by atoms with E-state index in [1.807, 2.05) is 58.9 Å². The van der Waals surface area contributed by atoms with Gasteiger partial charge in [-0.25, -0.2) is 0 Å². The Kier molecular flexibility index (Phi) is 9.75. The smallest absolute Gasteiger partial charge is 0.0798 e. The Morgan fingerprint density at radius 1 is 0.846 bits per heavy atom. The molecule has 0 unspecified atom stereocenters. The van der Waals surface area contributed by atoms with Crippen LogP contribution in [0.3, 0.4) is 0 Å². The summed E-state index contributed by atoms with van der Waals surface area (Å²) in [6.45, 7) is 13.9. The van der Waals surface area contributed by atoms with Crippen LogP contribution in [0.25, 0.3) is 53.8 Å². The molecular weight excluding hydrogens is 845 g/mol. The second-order valence-electron chi connectivity index (χ2n) is 15.2. The molecule has 2 nitrogen and oxygen atoms in total. The molecule has 3 aromatic heterocycles. The van der Waals surface area contributed by atoms with Crippen molar-refractivity contribution in [1.82, 2.24) is 9.97 Å². The Labute approximate surface area is 340 Å². The molecule has 4 aromatic carbocycles. The van der Waals surface area contributed by atoms with Gasteiger partial charge in [0.2, 0.25) is 0 Å². The summed E-state index contributed by atoms with van der Waals surface area (Å²) in [7, 11) is -1.81. The van der Waals surface area contributed by atoms with E-state index in [2.05, 4.69) is 90.3 Å². The van der Waals surface area contributed by atoms with Crippen molar-refractivity contribution in [3.05, 3.63) is 138 Å². The second-order valence-corrected chi connectivity index (χ2v) is 21.3. The van der Waals surface area contributed by atoms with Gasteiger partial charge in [-0.15, -0.1) is 59.2 Å². The summed E-state index contributed by atoms with van der Waals surface area (Å²) in [5.74, 6) is -0.122. The molecule has 7 rings (SSSR count). The minimum Gasteiger partial charge on any atom is -0.305 e. The number of nitrogens with zero attached hydrogens (tertiary/aromatic N) is 2. The van der Waals surface area contributed by atoms with Crippen LogP contribution in [-0.4, -0.2) is 18.0 Å². The predicted octanol–water partition coefficient (Wildman–Crippen LogP) is 12.8. The molecule has 0 amide bonds. The zero-order chi connectivity index (χ0) is 42.4. The van der Waals surface area contributed by atoms with E-state index in [0.717, 1.165) is 21.1 Å². The first-order valence-electron chi connectivity index (χ1n) is 20.9. The standard InChI is InChI=1S/C27H22NS.C20H28NSi.Ir/c1-18(2)15-19-13-14-28-25(16-19)24-10-6-9-23-22-12-11-21(17-26(22)29-27(23)24)20-7-4-3-5-8-20;1-15-8-10-16(11-9-15)18-12-17(13-20(2,3)4)19(14-21-18)22(5,6)7;/h3-9,11-14,16-18H,15H2,1-2H3;8-10,12,14H,13H2,1-7H3;/q2*-1;/i15D2;1D3,13D2;. The van der Waals surface area contributed by atoms with Gasteiger partial charge in [-0.05, 0) is 74.0 Å². The van der Waals surface area contributed by atoms with Gasteiger partial charge in [0.1, 0.15) is 0 Å². The number of benzene rings is 4. The average molecular weight is 902 g/mol. The number of thiophene rings is 1. The molecule has 0 atom stereocenters. The number of hydrogen-bond donors (Lipinski definition) is 0. The van der Waals surface area contributed by atoms with E-state index in [4.69, 9.17) is 9.60 Å². The largest absolute Gasteiger partial charge is 0.305 e. The third kappa shape index (κ3) is 9.62. The fourth-order valence-electron chi connectivity index (χ4n) is 6.02. The maximum absolute atomic E-state index is 8.79. The third-order valence-electron chi connectivity index (χ3n) is 8.32. The molecule has 5 heteroatoms. The van der Waals surface area contributed by atoms with Gasteiger partial charge in [-0.1, -0.05) is 132 Å². The summed E-state index contributed by atoms with van der Waals surface area (Å²) in [4.78, 5) is 9.14. The number of fused-ring (bicyclic) bond motifs is 3. The first-order chi connectivity index (χ1) is 27.0. The number of aromatic nitrogens is 2. The van der Waals surface area contributed by atoms with Gasteiger partial charge < -0.3 is 9.97 Å². The zero-order valence-corrected chi connectivity index (χ0v) is 35.3. The van der Waals surface area contributed by atoms with Gasteiger partial charge in [0.05, 0.1) is 8.07 Å². The Morgan fingerprint density at radius 3 is 2.31 bits per heavy atom. The summed E-state index contributed by atoms with van der Waals surface area (Å²) >= 11 is 1.75. The van der Waals surface area contributed by atoms with Crippen molar-refractivity contribution in [3.8, 4) is 33.6 Å². The van der Waals surface area contributed by atoms with Crippen molar-refractivity contribution in [3.63, 3.8) is 0 Å². The van der Waals surface area contributed by atoms with Crippen LogP contribution in [0.5, 0.6) is 0 Å². The molecule has 0 fully saturated rings. The van der Waals surface area contributed by atoms with Crippen molar-refractivity contribution < 1.29 is 29.7 Å². The summed E-state index contributed by atoms with van der Waals surface area (Å²) in [5, 5.41) is 3.42. The topological polar surface area (TPSA) is 25.8 Å². The minimum absolute atomic E-state index is 0. The van der Waals surface area contributed by atoms with Gasteiger partial charge in [-0.2, -0.15) is 11.3 Å². The second kappa shape index (κ2) is 16.5. The number of hydrogen-bond acceptors (Lipinski definition) is 3. The van der Waals surface area contributed by atoms with Crippen molar-refractivity contribution >= 4 is 44.8 Å². The van der Waals surface area contributed by atoms with Gasteiger partial charge in [0, 0.05) is 46.8 Å². The third-order valence-corrected chi connectivity index (χ3v) is 11.5. The molecule has 0 saturated heterocycles. The van der Waals surface area contributed by atoms with Gasteiger partial charge >= 0.3 is 0 Å². The summed E-state index contributed by atoms with van der Waals surface area (Å²) in [6.07, 6.45) is 0.569. The first-order valence-corrected chi connectivity index (χ1v) is 21.7. The molecule has 0 N–H and O–H groups in total. The molecule has 0 aliphatic heterocycles. The Bertz CT molecular complexity index is 2560. The Morgan fingerprint density at radius 2 is 1.63 bits per heavy atom. The summed E-state index contributed by atoms with van der Waals surface area (Å²) in [5.41, 5.74) is 6.37. The van der Waals surface area contributed by atoms with Crippen LogP contribution in [0.2, 0.25) is 19.6 Å². The maximum atomic E-state index is 8.79. The van der Waals surface area contributed by atoms with E-state index in [1.54, 1.807) is 41.9 Å². The van der Waals surface area contributed by atoms with Gasteiger partial charge in [-0.3, -0.25) is 0 Å². The molecule has 3 heterocycles. The number of pyridine rings is 2. The van der Waals surface area contributed by atoms with Crippen LogP contribution in [0, 0.1) is 30.3 Å². The van der Waals surface area contributed by atoms with Crippen LogP contribution in [-0.2, 0) is 32.9 Å². The SMILES string of the molecule is [2H]C([2H])([2H])c1c[c-]c(-c2cc(C([2H])([2H])C(C)(C)C)c([Si](C)(C)C)cn2)cc1.[2H]C([2H])(c1ccnc(-c2[c-]ccc3c2sc2cc(-c4ccccc4)ccc23)c1)C(C)C.[Ir]. The summed E-state index contributed by atoms with van der Waals surface area (Å²) < 4.78 is 59.3. The molecular formula is C47H50IrN2SSi-2.